The molecule has 1 heteroatoms. The molecule has 0 bridgehead atoms. The molecule has 21 heavy (non-hydrogen) atoms. The van der Waals surface area contributed by atoms with E-state index in [1.807, 2.05) is 0 Å². The summed E-state index contributed by atoms with van der Waals surface area (Å²) in [5.41, 5.74) is 15.1. The summed E-state index contributed by atoms with van der Waals surface area (Å²) in [5, 5.41) is 0. The summed E-state index contributed by atoms with van der Waals surface area (Å²) in [6.45, 7) is 6.59. The SMILES string of the molecule is Cc1cc(C)c(CC(N)C2CCc3ccccc32)c(C)c1. The number of hydrogen-bond donors (Lipinski definition) is 1. The van der Waals surface area contributed by atoms with Crippen LogP contribution in [0.15, 0.2) is 36.4 Å². The first-order chi connectivity index (χ1) is 10.1. The summed E-state index contributed by atoms with van der Waals surface area (Å²) < 4.78 is 0. The lowest BCUT2D eigenvalue weighted by Crippen LogP contribution is -2.30. The van der Waals surface area contributed by atoms with Crippen LogP contribution in [0.25, 0.3) is 0 Å². The van der Waals surface area contributed by atoms with E-state index in [9.17, 15) is 0 Å². The van der Waals surface area contributed by atoms with Gasteiger partial charge in [-0.05, 0) is 73.8 Å². The first-order valence-corrected chi connectivity index (χ1v) is 7.96. The Morgan fingerprint density at radius 3 is 2.48 bits per heavy atom. The van der Waals surface area contributed by atoms with Crippen LogP contribution in [0.4, 0.5) is 0 Å². The second kappa shape index (κ2) is 5.65. The average molecular weight is 279 g/mol. The van der Waals surface area contributed by atoms with E-state index in [0.717, 1.165) is 6.42 Å². The molecule has 0 saturated carbocycles. The third-order valence-corrected chi connectivity index (χ3v) is 4.98. The Labute approximate surface area is 128 Å². The minimum absolute atomic E-state index is 0.216. The van der Waals surface area contributed by atoms with Crippen LogP contribution < -0.4 is 5.73 Å². The van der Waals surface area contributed by atoms with Crippen LogP contribution in [0.3, 0.4) is 0 Å². The van der Waals surface area contributed by atoms with Gasteiger partial charge < -0.3 is 5.73 Å². The Morgan fingerprint density at radius 1 is 1.10 bits per heavy atom. The zero-order chi connectivity index (χ0) is 15.0. The second-order valence-electron chi connectivity index (χ2n) is 6.59. The standard InChI is InChI=1S/C20H25N/c1-13-10-14(2)19(15(3)11-13)12-20(21)18-9-8-16-6-4-5-7-17(16)18/h4-7,10-11,18,20H,8-9,12,21H2,1-3H3. The van der Waals surface area contributed by atoms with Gasteiger partial charge in [-0.25, -0.2) is 0 Å². The largest absolute Gasteiger partial charge is 0.327 e. The second-order valence-corrected chi connectivity index (χ2v) is 6.59. The van der Waals surface area contributed by atoms with Crippen LogP contribution >= 0.6 is 0 Å². The lowest BCUT2D eigenvalue weighted by Gasteiger charge is -2.22. The molecule has 0 aromatic heterocycles. The van der Waals surface area contributed by atoms with Crippen molar-refractivity contribution in [1.29, 1.82) is 0 Å². The molecule has 0 radical (unpaired) electrons. The van der Waals surface area contributed by atoms with Crippen molar-refractivity contribution in [1.82, 2.24) is 0 Å². The van der Waals surface area contributed by atoms with E-state index in [0.29, 0.717) is 5.92 Å². The highest BCUT2D eigenvalue weighted by atomic mass is 14.7. The summed E-state index contributed by atoms with van der Waals surface area (Å²) in [6.07, 6.45) is 3.36. The third kappa shape index (κ3) is 2.75. The zero-order valence-electron chi connectivity index (χ0n) is 13.3. The van der Waals surface area contributed by atoms with E-state index in [2.05, 4.69) is 57.2 Å². The minimum atomic E-state index is 0.216. The lowest BCUT2D eigenvalue weighted by atomic mass is 9.86. The summed E-state index contributed by atoms with van der Waals surface area (Å²) >= 11 is 0. The molecule has 1 aliphatic rings. The van der Waals surface area contributed by atoms with Gasteiger partial charge in [0, 0.05) is 6.04 Å². The van der Waals surface area contributed by atoms with E-state index in [-0.39, 0.29) is 6.04 Å². The number of nitrogens with two attached hydrogens (primary N) is 1. The molecule has 0 amide bonds. The van der Waals surface area contributed by atoms with Gasteiger partial charge in [0.1, 0.15) is 0 Å². The summed E-state index contributed by atoms with van der Waals surface area (Å²) in [4.78, 5) is 0. The lowest BCUT2D eigenvalue weighted by molar-refractivity contribution is 0.523. The van der Waals surface area contributed by atoms with Gasteiger partial charge in [0.15, 0.2) is 0 Å². The highest BCUT2D eigenvalue weighted by molar-refractivity contribution is 5.40. The van der Waals surface area contributed by atoms with Crippen molar-refractivity contribution in [2.75, 3.05) is 0 Å². The van der Waals surface area contributed by atoms with Crippen molar-refractivity contribution < 1.29 is 0 Å². The van der Waals surface area contributed by atoms with Gasteiger partial charge in [0.25, 0.3) is 0 Å². The number of fused-ring (bicyclic) bond motifs is 1. The average Bonchev–Trinajstić information content (AvgIpc) is 2.86. The fraction of sp³-hybridized carbons (Fsp3) is 0.400. The van der Waals surface area contributed by atoms with E-state index in [1.165, 1.54) is 46.2 Å². The minimum Gasteiger partial charge on any atom is -0.327 e. The van der Waals surface area contributed by atoms with Gasteiger partial charge >= 0.3 is 0 Å². The highest BCUT2D eigenvalue weighted by Crippen LogP contribution is 2.36. The molecule has 0 saturated heterocycles. The van der Waals surface area contributed by atoms with Crippen LogP contribution in [0.1, 0.15) is 45.7 Å². The molecule has 1 aliphatic carbocycles. The van der Waals surface area contributed by atoms with Crippen LogP contribution in [0.2, 0.25) is 0 Å². The van der Waals surface area contributed by atoms with Crippen molar-refractivity contribution in [3.8, 4) is 0 Å². The Hall–Kier alpha value is -1.60. The maximum absolute atomic E-state index is 6.60. The van der Waals surface area contributed by atoms with Crippen LogP contribution in [-0.4, -0.2) is 6.04 Å². The van der Waals surface area contributed by atoms with Gasteiger partial charge in [-0.2, -0.15) is 0 Å². The molecule has 0 fully saturated rings. The van der Waals surface area contributed by atoms with Gasteiger partial charge in [-0.1, -0.05) is 42.0 Å². The molecular weight excluding hydrogens is 254 g/mol. The van der Waals surface area contributed by atoms with Gasteiger partial charge in [-0.15, -0.1) is 0 Å². The Bertz CT molecular complexity index is 634. The molecule has 2 aromatic carbocycles. The number of benzene rings is 2. The van der Waals surface area contributed by atoms with Gasteiger partial charge in [0.05, 0.1) is 0 Å². The van der Waals surface area contributed by atoms with Crippen LogP contribution in [-0.2, 0) is 12.8 Å². The quantitative estimate of drug-likeness (QED) is 0.894. The first kappa shape index (κ1) is 14.3. The highest BCUT2D eigenvalue weighted by Gasteiger charge is 2.27. The summed E-state index contributed by atoms with van der Waals surface area (Å²) in [6, 6.07) is 13.6. The molecule has 0 spiro atoms. The molecule has 2 aromatic rings. The normalized spacial score (nSPS) is 18.6. The molecule has 3 rings (SSSR count). The van der Waals surface area contributed by atoms with Crippen molar-refractivity contribution in [2.24, 2.45) is 5.73 Å². The number of aryl methyl sites for hydroxylation is 4. The van der Waals surface area contributed by atoms with E-state index >= 15 is 0 Å². The van der Waals surface area contributed by atoms with Crippen LogP contribution in [0, 0.1) is 20.8 Å². The van der Waals surface area contributed by atoms with Crippen molar-refractivity contribution in [3.63, 3.8) is 0 Å². The molecule has 2 N–H and O–H groups in total. The first-order valence-electron chi connectivity index (χ1n) is 7.96. The predicted molar refractivity (Wildman–Crippen MR) is 89.8 cm³/mol. The molecule has 2 atom stereocenters. The molecule has 2 unspecified atom stereocenters. The molecule has 0 aliphatic heterocycles. The summed E-state index contributed by atoms with van der Waals surface area (Å²) in [5.74, 6) is 0.515. The molecule has 1 nitrogen and oxygen atoms in total. The maximum atomic E-state index is 6.60. The van der Waals surface area contributed by atoms with Crippen LogP contribution in [0.5, 0.6) is 0 Å². The fourth-order valence-corrected chi connectivity index (χ4v) is 3.94. The van der Waals surface area contributed by atoms with Gasteiger partial charge in [-0.3, -0.25) is 0 Å². The smallest absolute Gasteiger partial charge is 0.0149 e. The third-order valence-electron chi connectivity index (χ3n) is 4.98. The Kier molecular flexibility index (Phi) is 3.86. The summed E-state index contributed by atoms with van der Waals surface area (Å²) in [7, 11) is 0. The molecule has 0 heterocycles. The van der Waals surface area contributed by atoms with Crippen molar-refractivity contribution in [3.05, 3.63) is 69.8 Å². The monoisotopic (exact) mass is 279 g/mol. The zero-order valence-corrected chi connectivity index (χ0v) is 13.3. The molecule has 110 valence electrons. The number of rotatable bonds is 3. The fourth-order valence-electron chi connectivity index (χ4n) is 3.94. The van der Waals surface area contributed by atoms with E-state index < -0.39 is 0 Å². The Balaban J connectivity index is 1.84. The van der Waals surface area contributed by atoms with Gasteiger partial charge in [0.2, 0.25) is 0 Å². The van der Waals surface area contributed by atoms with E-state index in [1.54, 1.807) is 0 Å². The Morgan fingerprint density at radius 2 is 1.76 bits per heavy atom. The van der Waals surface area contributed by atoms with E-state index in [4.69, 9.17) is 5.73 Å². The number of hydrogen-bond acceptors (Lipinski definition) is 1. The van der Waals surface area contributed by atoms with Crippen molar-refractivity contribution in [2.45, 2.75) is 52.0 Å². The topological polar surface area (TPSA) is 26.0 Å². The van der Waals surface area contributed by atoms with Crippen molar-refractivity contribution >= 4 is 0 Å². The maximum Gasteiger partial charge on any atom is 0.0149 e. The molecular formula is C20H25N. The predicted octanol–water partition coefficient (Wildman–Crippen LogP) is 4.21.